The molecule has 2 N–H and O–H groups in total. The van der Waals surface area contributed by atoms with Crippen molar-refractivity contribution in [2.75, 3.05) is 44.2 Å². The minimum Gasteiger partial charge on any atom is -0.352 e. The van der Waals surface area contributed by atoms with Gasteiger partial charge in [0.2, 0.25) is 0 Å². The fourth-order valence-electron chi connectivity index (χ4n) is 3.71. The molecule has 1 aromatic heterocycles. The average Bonchev–Trinajstić information content (AvgIpc) is 3.24. The SMILES string of the molecule is CCN=C(NC1CCN(CC(F)(F)F)C1)NC1CCN(c2ncccc2F)C1. The highest BCUT2D eigenvalue weighted by atomic mass is 19.4. The number of likely N-dealkylation sites (tertiary alicyclic amines) is 1. The van der Waals surface area contributed by atoms with Gasteiger partial charge in [-0.2, -0.15) is 13.2 Å². The summed E-state index contributed by atoms with van der Waals surface area (Å²) in [5, 5.41) is 6.58. The Labute approximate surface area is 162 Å². The average molecular weight is 402 g/mol. The number of aromatic nitrogens is 1. The third-order valence-corrected chi connectivity index (χ3v) is 4.90. The van der Waals surface area contributed by atoms with Crippen molar-refractivity contribution < 1.29 is 17.6 Å². The molecule has 0 saturated carbocycles. The maximum absolute atomic E-state index is 13.9. The molecule has 2 fully saturated rings. The van der Waals surface area contributed by atoms with Gasteiger partial charge < -0.3 is 15.5 Å². The van der Waals surface area contributed by atoms with E-state index in [4.69, 9.17) is 0 Å². The lowest BCUT2D eigenvalue weighted by Crippen LogP contribution is -2.49. The summed E-state index contributed by atoms with van der Waals surface area (Å²) in [5.41, 5.74) is 0. The summed E-state index contributed by atoms with van der Waals surface area (Å²) >= 11 is 0. The Bertz CT molecular complexity index is 680. The van der Waals surface area contributed by atoms with Crippen LogP contribution in [0.25, 0.3) is 0 Å². The zero-order valence-corrected chi connectivity index (χ0v) is 15.8. The van der Waals surface area contributed by atoms with Gasteiger partial charge in [-0.15, -0.1) is 0 Å². The molecule has 6 nitrogen and oxygen atoms in total. The van der Waals surface area contributed by atoms with Crippen LogP contribution in [-0.4, -0.2) is 73.4 Å². The van der Waals surface area contributed by atoms with Crippen molar-refractivity contribution in [3.05, 3.63) is 24.1 Å². The summed E-state index contributed by atoms with van der Waals surface area (Å²) in [6, 6.07) is 2.93. The summed E-state index contributed by atoms with van der Waals surface area (Å²) in [4.78, 5) is 11.8. The first-order chi connectivity index (χ1) is 13.3. The Balaban J connectivity index is 1.52. The number of halogens is 4. The molecular weight excluding hydrogens is 376 g/mol. The van der Waals surface area contributed by atoms with Crippen LogP contribution in [0.2, 0.25) is 0 Å². The molecule has 0 radical (unpaired) electrons. The molecule has 2 atom stereocenters. The van der Waals surface area contributed by atoms with E-state index in [1.165, 1.54) is 11.0 Å². The standard InChI is InChI=1S/C18H26F4N6/c1-2-23-17(25-13-5-8-27(10-13)12-18(20,21)22)26-14-6-9-28(11-14)16-15(19)4-3-7-24-16/h3-4,7,13-14H,2,5-6,8-12H2,1H3,(H2,23,25,26). The molecule has 3 heterocycles. The van der Waals surface area contributed by atoms with Crippen molar-refractivity contribution >= 4 is 11.8 Å². The van der Waals surface area contributed by atoms with Gasteiger partial charge in [0.05, 0.1) is 6.54 Å². The zero-order valence-electron chi connectivity index (χ0n) is 15.8. The van der Waals surface area contributed by atoms with Crippen molar-refractivity contribution in [2.24, 2.45) is 4.99 Å². The van der Waals surface area contributed by atoms with Gasteiger partial charge in [0, 0.05) is 51.0 Å². The smallest absolute Gasteiger partial charge is 0.352 e. The normalized spacial score (nSPS) is 24.0. The second-order valence-corrected chi connectivity index (χ2v) is 7.19. The summed E-state index contributed by atoms with van der Waals surface area (Å²) in [5.74, 6) is 0.585. The Morgan fingerprint density at radius 2 is 1.93 bits per heavy atom. The Kier molecular flexibility index (Phi) is 6.58. The Hall–Kier alpha value is -2.10. The van der Waals surface area contributed by atoms with Crippen LogP contribution in [0.3, 0.4) is 0 Å². The van der Waals surface area contributed by atoms with Crippen molar-refractivity contribution in [1.29, 1.82) is 0 Å². The van der Waals surface area contributed by atoms with Crippen LogP contribution in [0, 0.1) is 5.82 Å². The largest absolute Gasteiger partial charge is 0.401 e. The number of alkyl halides is 3. The van der Waals surface area contributed by atoms with E-state index in [1.54, 1.807) is 12.3 Å². The quantitative estimate of drug-likeness (QED) is 0.448. The number of hydrogen-bond donors (Lipinski definition) is 2. The maximum Gasteiger partial charge on any atom is 0.401 e. The molecular formula is C18H26F4N6. The molecule has 0 spiro atoms. The maximum atomic E-state index is 13.9. The van der Waals surface area contributed by atoms with Gasteiger partial charge in [-0.05, 0) is 31.9 Å². The van der Waals surface area contributed by atoms with Gasteiger partial charge in [-0.25, -0.2) is 9.37 Å². The zero-order chi connectivity index (χ0) is 20.1. The highest BCUT2D eigenvalue weighted by Gasteiger charge is 2.35. The van der Waals surface area contributed by atoms with Crippen molar-refractivity contribution in [3.63, 3.8) is 0 Å². The molecule has 2 aliphatic heterocycles. The molecule has 3 rings (SSSR count). The van der Waals surface area contributed by atoms with Gasteiger partial charge in [-0.1, -0.05) is 0 Å². The minimum absolute atomic E-state index is 0.0619. The van der Waals surface area contributed by atoms with Gasteiger partial charge in [-0.3, -0.25) is 9.89 Å². The second kappa shape index (κ2) is 8.93. The highest BCUT2D eigenvalue weighted by molar-refractivity contribution is 5.80. The lowest BCUT2D eigenvalue weighted by atomic mass is 10.2. The fraction of sp³-hybridized carbons (Fsp3) is 0.667. The molecule has 1 aromatic rings. The van der Waals surface area contributed by atoms with Crippen molar-refractivity contribution in [2.45, 2.75) is 38.0 Å². The van der Waals surface area contributed by atoms with E-state index in [0.29, 0.717) is 50.9 Å². The van der Waals surface area contributed by atoms with Gasteiger partial charge in [0.1, 0.15) is 0 Å². The fourth-order valence-corrected chi connectivity index (χ4v) is 3.71. The number of anilines is 1. The number of nitrogens with zero attached hydrogens (tertiary/aromatic N) is 4. The molecule has 0 aliphatic carbocycles. The molecule has 0 bridgehead atoms. The van der Waals surface area contributed by atoms with Crippen LogP contribution >= 0.6 is 0 Å². The number of hydrogen-bond acceptors (Lipinski definition) is 4. The molecule has 28 heavy (non-hydrogen) atoms. The van der Waals surface area contributed by atoms with E-state index in [2.05, 4.69) is 20.6 Å². The summed E-state index contributed by atoms with van der Waals surface area (Å²) < 4.78 is 51.6. The molecule has 2 aliphatic rings. The molecule has 0 aromatic carbocycles. The molecule has 156 valence electrons. The van der Waals surface area contributed by atoms with E-state index in [9.17, 15) is 17.6 Å². The Morgan fingerprint density at radius 3 is 2.61 bits per heavy atom. The topological polar surface area (TPSA) is 55.8 Å². The van der Waals surface area contributed by atoms with Crippen LogP contribution < -0.4 is 15.5 Å². The number of pyridine rings is 1. The van der Waals surface area contributed by atoms with Crippen LogP contribution in [0.4, 0.5) is 23.4 Å². The van der Waals surface area contributed by atoms with Gasteiger partial charge >= 0.3 is 6.18 Å². The van der Waals surface area contributed by atoms with E-state index >= 15 is 0 Å². The lowest BCUT2D eigenvalue weighted by Gasteiger charge is -2.22. The highest BCUT2D eigenvalue weighted by Crippen LogP contribution is 2.21. The van der Waals surface area contributed by atoms with Crippen molar-refractivity contribution in [1.82, 2.24) is 20.5 Å². The summed E-state index contributed by atoms with van der Waals surface area (Å²) in [6.07, 6.45) is -1.18. The predicted molar refractivity (Wildman–Crippen MR) is 100.0 cm³/mol. The molecule has 2 unspecified atom stereocenters. The van der Waals surface area contributed by atoms with Crippen LogP contribution in [0.15, 0.2) is 23.3 Å². The van der Waals surface area contributed by atoms with Gasteiger partial charge in [0.25, 0.3) is 0 Å². The second-order valence-electron chi connectivity index (χ2n) is 7.19. The minimum atomic E-state index is -4.18. The molecule has 2 saturated heterocycles. The third-order valence-electron chi connectivity index (χ3n) is 4.90. The lowest BCUT2D eigenvalue weighted by molar-refractivity contribution is -0.143. The predicted octanol–water partition coefficient (Wildman–Crippen LogP) is 1.99. The monoisotopic (exact) mass is 402 g/mol. The molecule has 0 amide bonds. The Morgan fingerprint density at radius 1 is 1.21 bits per heavy atom. The molecule has 10 heteroatoms. The van der Waals surface area contributed by atoms with Crippen LogP contribution in [-0.2, 0) is 0 Å². The summed E-state index contributed by atoms with van der Waals surface area (Å²) in [7, 11) is 0. The van der Waals surface area contributed by atoms with Crippen LogP contribution in [0.1, 0.15) is 19.8 Å². The van der Waals surface area contributed by atoms with E-state index in [-0.39, 0.29) is 17.9 Å². The number of rotatable bonds is 5. The number of nitrogens with one attached hydrogen (secondary N) is 2. The van der Waals surface area contributed by atoms with Gasteiger partial charge in [0.15, 0.2) is 17.6 Å². The number of aliphatic imine (C=N–C) groups is 1. The van der Waals surface area contributed by atoms with E-state index in [1.807, 2.05) is 11.8 Å². The van der Waals surface area contributed by atoms with E-state index < -0.39 is 12.7 Å². The first-order valence-electron chi connectivity index (χ1n) is 9.56. The summed E-state index contributed by atoms with van der Waals surface area (Å²) in [6.45, 7) is 3.58. The van der Waals surface area contributed by atoms with Crippen LogP contribution in [0.5, 0.6) is 0 Å². The number of guanidine groups is 1. The first-order valence-corrected chi connectivity index (χ1v) is 9.56. The van der Waals surface area contributed by atoms with Crippen molar-refractivity contribution in [3.8, 4) is 0 Å². The van der Waals surface area contributed by atoms with E-state index in [0.717, 1.165) is 6.42 Å². The third kappa shape index (κ3) is 5.70. The first kappa shape index (κ1) is 20.6.